The molecule has 0 saturated carbocycles. The van der Waals surface area contributed by atoms with E-state index in [-0.39, 0.29) is 11.4 Å². The highest BCUT2D eigenvalue weighted by Crippen LogP contribution is 2.30. The molecule has 0 radical (unpaired) electrons. The third-order valence-electron chi connectivity index (χ3n) is 3.84. The first-order valence-corrected chi connectivity index (χ1v) is 6.82. The van der Waals surface area contributed by atoms with Gasteiger partial charge in [0, 0.05) is 18.2 Å². The van der Waals surface area contributed by atoms with Crippen LogP contribution >= 0.6 is 0 Å². The highest BCUT2D eigenvalue weighted by molar-refractivity contribution is 5.85. The Morgan fingerprint density at radius 3 is 2.80 bits per heavy atom. The molecule has 1 heterocycles. The summed E-state index contributed by atoms with van der Waals surface area (Å²) in [4.78, 5) is 12.9. The van der Waals surface area contributed by atoms with Gasteiger partial charge in [-0.15, -0.1) is 0 Å². The summed E-state index contributed by atoms with van der Waals surface area (Å²) < 4.78 is 13.6. The van der Waals surface area contributed by atoms with Crippen molar-refractivity contribution in [2.45, 2.75) is 38.8 Å². The first kappa shape index (κ1) is 14.7. The second kappa shape index (κ2) is 5.75. The van der Waals surface area contributed by atoms with Crippen molar-refractivity contribution >= 4 is 12.0 Å². The zero-order valence-corrected chi connectivity index (χ0v) is 11.9. The lowest BCUT2D eigenvalue weighted by molar-refractivity contribution is -0.131. The van der Waals surface area contributed by atoms with Crippen molar-refractivity contribution in [3.05, 3.63) is 41.2 Å². The van der Waals surface area contributed by atoms with Crippen molar-refractivity contribution in [3.63, 3.8) is 0 Å². The number of nitrogens with zero attached hydrogens (tertiary/aromatic N) is 1. The fourth-order valence-electron chi connectivity index (χ4n) is 2.71. The molecule has 108 valence electrons. The van der Waals surface area contributed by atoms with Gasteiger partial charge in [-0.05, 0) is 62.6 Å². The summed E-state index contributed by atoms with van der Waals surface area (Å²) in [6, 6.07) is 4.71. The maximum Gasteiger partial charge on any atom is 0.328 e. The molecule has 0 bridgehead atoms. The number of hydrogen-bond acceptors (Lipinski definition) is 2. The molecule has 20 heavy (non-hydrogen) atoms. The second-order valence-corrected chi connectivity index (χ2v) is 5.90. The number of aliphatic carboxylic acids is 1. The Hall–Kier alpha value is -1.68. The Kier molecular flexibility index (Phi) is 4.23. The average Bonchev–Trinajstić information content (AvgIpc) is 2.65. The number of likely N-dealkylation sites (tertiary alicyclic amines) is 1. The standard InChI is InChI=1S/C16H20FNO2/c1-16(2)6-3-7-18(16)11-13-8-12(4-5-15(19)20)9-14(17)10-13/h4-5,8-10H,3,6-7,11H2,1-2H3,(H,19,20). The van der Waals surface area contributed by atoms with Crippen LogP contribution in [-0.4, -0.2) is 28.1 Å². The first-order chi connectivity index (χ1) is 9.37. The first-order valence-electron chi connectivity index (χ1n) is 6.82. The minimum Gasteiger partial charge on any atom is -0.478 e. The number of benzene rings is 1. The third kappa shape index (κ3) is 3.67. The molecule has 4 heteroatoms. The smallest absolute Gasteiger partial charge is 0.328 e. The second-order valence-electron chi connectivity index (χ2n) is 5.90. The molecule has 0 aromatic heterocycles. The van der Waals surface area contributed by atoms with Crippen LogP contribution in [0.15, 0.2) is 24.3 Å². The summed E-state index contributed by atoms with van der Waals surface area (Å²) in [6.07, 6.45) is 4.75. The molecule has 0 unspecified atom stereocenters. The maximum atomic E-state index is 13.6. The van der Waals surface area contributed by atoms with Gasteiger partial charge in [-0.3, -0.25) is 4.90 Å². The molecule has 0 spiro atoms. The lowest BCUT2D eigenvalue weighted by Gasteiger charge is -2.31. The molecule has 2 rings (SSSR count). The molecule has 1 fully saturated rings. The lowest BCUT2D eigenvalue weighted by Crippen LogP contribution is -2.37. The van der Waals surface area contributed by atoms with Gasteiger partial charge in [0.2, 0.25) is 0 Å². The Balaban J connectivity index is 2.18. The number of carboxylic acids is 1. The monoisotopic (exact) mass is 277 g/mol. The summed E-state index contributed by atoms with van der Waals surface area (Å²) in [5.74, 6) is -1.36. The molecule has 1 aliphatic heterocycles. The van der Waals surface area contributed by atoms with Crippen LogP contribution in [0.5, 0.6) is 0 Å². The van der Waals surface area contributed by atoms with Gasteiger partial charge in [-0.1, -0.05) is 6.07 Å². The minimum absolute atomic E-state index is 0.142. The summed E-state index contributed by atoms with van der Waals surface area (Å²) in [6.45, 7) is 6.11. The zero-order chi connectivity index (χ0) is 14.8. The van der Waals surface area contributed by atoms with Crippen LogP contribution in [-0.2, 0) is 11.3 Å². The quantitative estimate of drug-likeness (QED) is 0.858. The minimum atomic E-state index is -1.03. The van der Waals surface area contributed by atoms with E-state index in [9.17, 15) is 9.18 Å². The summed E-state index contributed by atoms with van der Waals surface area (Å²) in [5, 5.41) is 8.62. The summed E-state index contributed by atoms with van der Waals surface area (Å²) >= 11 is 0. The number of carboxylic acid groups (broad SMARTS) is 1. The van der Waals surface area contributed by atoms with Crippen LogP contribution in [0.1, 0.15) is 37.8 Å². The fraction of sp³-hybridized carbons (Fsp3) is 0.438. The van der Waals surface area contributed by atoms with Crippen LogP contribution in [0, 0.1) is 5.82 Å². The highest BCUT2D eigenvalue weighted by Gasteiger charge is 2.31. The average molecular weight is 277 g/mol. The Bertz CT molecular complexity index is 537. The molecule has 0 amide bonds. The van der Waals surface area contributed by atoms with Gasteiger partial charge >= 0.3 is 5.97 Å². The van der Waals surface area contributed by atoms with E-state index >= 15 is 0 Å². The van der Waals surface area contributed by atoms with Gasteiger partial charge in [0.1, 0.15) is 5.82 Å². The Labute approximate surface area is 118 Å². The SMILES string of the molecule is CC1(C)CCCN1Cc1cc(F)cc(C=CC(=O)O)c1. The van der Waals surface area contributed by atoms with Crippen molar-refractivity contribution in [1.29, 1.82) is 0 Å². The molecular formula is C16H20FNO2. The molecule has 3 nitrogen and oxygen atoms in total. The van der Waals surface area contributed by atoms with Crippen molar-refractivity contribution in [2.75, 3.05) is 6.54 Å². The molecule has 1 N–H and O–H groups in total. The maximum absolute atomic E-state index is 13.6. The summed E-state index contributed by atoms with van der Waals surface area (Å²) in [7, 11) is 0. The van der Waals surface area contributed by atoms with E-state index in [0.29, 0.717) is 12.1 Å². The number of rotatable bonds is 4. The predicted molar refractivity (Wildman–Crippen MR) is 76.8 cm³/mol. The van der Waals surface area contributed by atoms with E-state index in [1.54, 1.807) is 0 Å². The normalized spacial score (nSPS) is 18.8. The van der Waals surface area contributed by atoms with E-state index in [0.717, 1.165) is 31.0 Å². The van der Waals surface area contributed by atoms with Crippen LogP contribution in [0.2, 0.25) is 0 Å². The van der Waals surface area contributed by atoms with Gasteiger partial charge in [-0.25, -0.2) is 9.18 Å². The Morgan fingerprint density at radius 2 is 2.20 bits per heavy atom. The van der Waals surface area contributed by atoms with E-state index in [1.807, 2.05) is 6.07 Å². The van der Waals surface area contributed by atoms with Crippen molar-refractivity contribution in [2.24, 2.45) is 0 Å². The molecule has 0 atom stereocenters. The van der Waals surface area contributed by atoms with Crippen LogP contribution in [0.25, 0.3) is 6.08 Å². The van der Waals surface area contributed by atoms with Gasteiger partial charge in [0.25, 0.3) is 0 Å². The largest absolute Gasteiger partial charge is 0.478 e. The van der Waals surface area contributed by atoms with Crippen molar-refractivity contribution in [1.82, 2.24) is 4.90 Å². The van der Waals surface area contributed by atoms with Crippen LogP contribution < -0.4 is 0 Å². The van der Waals surface area contributed by atoms with E-state index in [1.165, 1.54) is 18.2 Å². The molecule has 1 saturated heterocycles. The zero-order valence-electron chi connectivity index (χ0n) is 11.9. The van der Waals surface area contributed by atoms with Gasteiger partial charge in [-0.2, -0.15) is 0 Å². The van der Waals surface area contributed by atoms with Crippen LogP contribution in [0.4, 0.5) is 4.39 Å². The topological polar surface area (TPSA) is 40.5 Å². The number of halogens is 1. The molecule has 1 aliphatic rings. The number of carbonyl (C=O) groups is 1. The summed E-state index contributed by atoms with van der Waals surface area (Å²) in [5.41, 5.74) is 1.60. The van der Waals surface area contributed by atoms with Gasteiger partial charge in [0.05, 0.1) is 0 Å². The van der Waals surface area contributed by atoms with Crippen molar-refractivity contribution in [3.8, 4) is 0 Å². The predicted octanol–water partition coefficient (Wildman–Crippen LogP) is 3.30. The molecule has 0 aliphatic carbocycles. The highest BCUT2D eigenvalue weighted by atomic mass is 19.1. The number of hydrogen-bond donors (Lipinski definition) is 1. The third-order valence-corrected chi connectivity index (χ3v) is 3.84. The molecule has 1 aromatic carbocycles. The molecule has 1 aromatic rings. The van der Waals surface area contributed by atoms with Crippen molar-refractivity contribution < 1.29 is 14.3 Å². The Morgan fingerprint density at radius 1 is 1.45 bits per heavy atom. The van der Waals surface area contributed by atoms with Crippen LogP contribution in [0.3, 0.4) is 0 Å². The lowest BCUT2D eigenvalue weighted by atomic mass is 10.0. The van der Waals surface area contributed by atoms with E-state index in [4.69, 9.17) is 5.11 Å². The molecular weight excluding hydrogens is 257 g/mol. The van der Waals surface area contributed by atoms with Gasteiger partial charge < -0.3 is 5.11 Å². The van der Waals surface area contributed by atoms with E-state index in [2.05, 4.69) is 18.7 Å². The van der Waals surface area contributed by atoms with E-state index < -0.39 is 5.97 Å². The van der Waals surface area contributed by atoms with Gasteiger partial charge in [0.15, 0.2) is 0 Å². The fourth-order valence-corrected chi connectivity index (χ4v) is 2.71.